The third-order valence-corrected chi connectivity index (χ3v) is 13.8. The summed E-state index contributed by atoms with van der Waals surface area (Å²) < 4.78 is 10.4. The number of hydrogen-bond donors (Lipinski definition) is 0. The van der Waals surface area contributed by atoms with Crippen LogP contribution in [-0.4, -0.2) is 31.3 Å². The Morgan fingerprint density at radius 1 is 0.451 bits per heavy atom. The minimum absolute atomic E-state index is 0. The van der Waals surface area contributed by atoms with Crippen molar-refractivity contribution < 1.29 is 26.8 Å². The molecule has 0 saturated heterocycles. The summed E-state index contributed by atoms with van der Waals surface area (Å²) >= 11 is 0. The molecular weight excluding hydrogens is 698 g/mol. The molecule has 5 heteroatoms. The van der Waals surface area contributed by atoms with E-state index in [1.165, 1.54) is 21.2 Å². The fourth-order valence-corrected chi connectivity index (χ4v) is 11.8. The zero-order chi connectivity index (χ0) is 34.9. The summed E-state index contributed by atoms with van der Waals surface area (Å²) in [7, 11) is 1.70. The number of aliphatic hydroxyl groups is 1. The van der Waals surface area contributed by atoms with Gasteiger partial charge in [-0.1, -0.05) is 60.7 Å². The molecule has 7 aromatic carbocycles. The van der Waals surface area contributed by atoms with E-state index in [0.29, 0.717) is 0 Å². The number of hydrogen-bond acceptors (Lipinski definition) is 1. The molecule has 0 aliphatic heterocycles. The Labute approximate surface area is 318 Å². The molecule has 2 unspecified atom stereocenters. The molecule has 1 radical (unpaired) electrons. The minimum atomic E-state index is -1.00. The second-order valence-electron chi connectivity index (χ2n) is 10.9. The van der Waals surface area contributed by atoms with Crippen LogP contribution in [0.4, 0.5) is 0 Å². The van der Waals surface area contributed by atoms with E-state index in [2.05, 4.69) is 132 Å². The van der Waals surface area contributed by atoms with Gasteiger partial charge in [0.1, 0.15) is 17.6 Å². The predicted octanol–water partition coefficient (Wildman–Crippen LogP) is 9.05. The van der Waals surface area contributed by atoms with Crippen LogP contribution in [0, 0.1) is 18.2 Å². The van der Waals surface area contributed by atoms with Gasteiger partial charge in [0, 0.05) is 6.07 Å². The first kappa shape index (κ1) is 41.0. The smallest absolute Gasteiger partial charge is 0.582 e. The van der Waals surface area contributed by atoms with Crippen LogP contribution in [0.5, 0.6) is 11.5 Å². The molecule has 2 atom stereocenters. The van der Waals surface area contributed by atoms with Gasteiger partial charge < -0.3 is 9.47 Å². The van der Waals surface area contributed by atoms with E-state index in [-0.39, 0.29) is 17.4 Å². The van der Waals surface area contributed by atoms with Crippen LogP contribution in [0.2, 0.25) is 0 Å². The molecule has 51 heavy (non-hydrogen) atoms. The molecule has 0 aliphatic carbocycles. The number of ether oxygens (including phenoxy) is 2. The summed E-state index contributed by atoms with van der Waals surface area (Å²) in [6, 6.07) is 76.7. The Balaban J connectivity index is 0.000000297. The van der Waals surface area contributed by atoms with Gasteiger partial charge in [-0.2, -0.15) is 109 Å². The van der Waals surface area contributed by atoms with Crippen molar-refractivity contribution in [2.24, 2.45) is 0 Å². The summed E-state index contributed by atoms with van der Waals surface area (Å²) in [6.45, 7) is 0. The molecule has 0 fully saturated rings. The molecular formula is C46H46CrO2P2+3. The van der Waals surface area contributed by atoms with Gasteiger partial charge in [0.2, 0.25) is 0 Å². The molecule has 7 aromatic rings. The van der Waals surface area contributed by atoms with E-state index >= 15 is 0 Å². The number of benzene rings is 7. The third-order valence-electron chi connectivity index (χ3n) is 7.59. The first-order valence-electron chi connectivity index (χ1n) is 16.7. The largest absolute Gasteiger partial charge is 3.00 e. The quantitative estimate of drug-likeness (QED) is 0.0822. The Morgan fingerprint density at radius 2 is 0.804 bits per heavy atom. The molecule has 255 valence electrons. The molecule has 2 nitrogen and oxygen atoms in total. The van der Waals surface area contributed by atoms with Crippen molar-refractivity contribution in [2.45, 2.75) is 0 Å². The van der Waals surface area contributed by atoms with Gasteiger partial charge in [-0.05, 0) is 42.5 Å². The van der Waals surface area contributed by atoms with E-state index in [0.717, 1.165) is 23.8 Å². The van der Waals surface area contributed by atoms with Crippen molar-refractivity contribution in [3.05, 3.63) is 218 Å². The maximum atomic E-state index is 5.78. The van der Waals surface area contributed by atoms with Crippen LogP contribution in [-0.2, 0) is 17.4 Å². The van der Waals surface area contributed by atoms with E-state index in [9.17, 15) is 0 Å². The first-order chi connectivity index (χ1) is 24.8. The summed E-state index contributed by atoms with van der Waals surface area (Å²) in [5.74, 6) is 2.12. The van der Waals surface area contributed by atoms with Crippen molar-refractivity contribution in [1.82, 2.24) is 0 Å². The van der Waals surface area contributed by atoms with Gasteiger partial charge in [-0.15, -0.1) is 0 Å². The Bertz CT molecular complexity index is 1580. The molecule has 0 heterocycles. The zero-order valence-electron chi connectivity index (χ0n) is 29.2. The van der Waals surface area contributed by atoms with Crippen LogP contribution in [0.1, 0.15) is 0 Å². The van der Waals surface area contributed by atoms with E-state index in [1.54, 1.807) is 7.11 Å². The normalized spacial score (nSPS) is 10.8. The van der Waals surface area contributed by atoms with E-state index < -0.39 is 15.8 Å². The maximum absolute atomic E-state index is 5.78. The predicted molar refractivity (Wildman–Crippen MR) is 221 cm³/mol. The summed E-state index contributed by atoms with van der Waals surface area (Å²) in [5, 5.41) is 5.64. The van der Waals surface area contributed by atoms with Gasteiger partial charge in [0.25, 0.3) is 5.75 Å². The molecule has 0 spiro atoms. The van der Waals surface area contributed by atoms with Gasteiger partial charge in [-0.3, -0.25) is 0 Å². The van der Waals surface area contributed by atoms with Crippen LogP contribution in [0.15, 0.2) is 200 Å². The van der Waals surface area contributed by atoms with Crippen molar-refractivity contribution in [1.29, 1.82) is 0 Å². The van der Waals surface area contributed by atoms with Gasteiger partial charge in [0.15, 0.2) is 18.2 Å². The van der Waals surface area contributed by atoms with Gasteiger partial charge in [0.05, 0.1) is 33.6 Å². The first-order valence-corrected chi connectivity index (χ1v) is 20.1. The van der Waals surface area contributed by atoms with E-state index in [4.69, 9.17) is 4.74 Å². The minimum Gasteiger partial charge on any atom is -0.582 e. The van der Waals surface area contributed by atoms with Crippen LogP contribution in [0.25, 0.3) is 0 Å². The van der Waals surface area contributed by atoms with Crippen molar-refractivity contribution in [2.75, 3.05) is 26.5 Å². The second kappa shape index (κ2) is 25.5. The second-order valence-corrected chi connectivity index (χ2v) is 16.0. The topological polar surface area (TPSA) is 22.0 Å². The molecule has 0 aromatic heterocycles. The Kier molecular flexibility index (Phi) is 20.5. The fraction of sp³-hybridized carbons (Fsp3) is 0.0870. The fourth-order valence-electron chi connectivity index (χ4n) is 5.24. The molecule has 0 bridgehead atoms. The van der Waals surface area contributed by atoms with Crippen molar-refractivity contribution in [3.63, 3.8) is 0 Å². The number of para-hydroxylation sites is 2. The Morgan fingerprint density at radius 3 is 1.18 bits per heavy atom. The number of aromatic hydroxyl groups is 1. The third kappa shape index (κ3) is 14.7. The van der Waals surface area contributed by atoms with Crippen LogP contribution in [0.3, 0.4) is 0 Å². The molecule has 1 N–H and O–H groups in total. The molecule has 0 aliphatic rings. The molecule has 0 saturated carbocycles. The average molecular weight is 745 g/mol. The van der Waals surface area contributed by atoms with E-state index in [1.807, 2.05) is 98.1 Å². The molecule has 7 rings (SSSR count). The average Bonchev–Trinajstić information content (AvgIpc) is 3.23. The maximum Gasteiger partial charge on any atom is 3.00 e. The van der Waals surface area contributed by atoms with Crippen LogP contribution < -0.4 is 26.0 Å². The van der Waals surface area contributed by atoms with Gasteiger partial charge >= 0.3 is 17.4 Å². The zero-order valence-corrected chi connectivity index (χ0v) is 32.5. The standard InChI is InChI=1S/C28H28O2P2.3C6H5.Cr/c1-29-25-17-9-11-19-27(25)31(23-13-5-3-6-14-23)21-22-32(24-15-7-4-8-16-24)28-20-12-10-18-26(28)30-2;3*1-2-4-6-5-3-1;/h3-20H,21-22H2,1-2H3;3*1-5H;/q;3*-1;+3/p+3. The monoisotopic (exact) mass is 744 g/mol. The Hall–Kier alpha value is -4.47. The number of methoxy groups -OCH3 is 1. The molecule has 0 amide bonds. The van der Waals surface area contributed by atoms with Gasteiger partial charge in [-0.25, -0.2) is 0 Å². The summed E-state index contributed by atoms with van der Waals surface area (Å²) in [6.07, 6.45) is 2.30. The SMILES string of the molecule is COc1ccccc1[PH+](CC[PH+](c1ccccc1)c1ccccc1[OH+]C)c1ccccc1.[Cr+3].[c-]1ccccc1.[c-]1ccccc1.[c-]1ccccc1. The van der Waals surface area contributed by atoms with Crippen molar-refractivity contribution in [3.8, 4) is 11.5 Å². The summed E-state index contributed by atoms with van der Waals surface area (Å²) in [4.78, 5) is 0. The number of rotatable bonds is 9. The summed E-state index contributed by atoms with van der Waals surface area (Å²) in [5.41, 5.74) is 0. The van der Waals surface area contributed by atoms with Crippen LogP contribution >= 0.6 is 15.8 Å². The van der Waals surface area contributed by atoms with Crippen molar-refractivity contribution >= 4 is 37.1 Å².